The predicted octanol–water partition coefficient (Wildman–Crippen LogP) is 1.85. The van der Waals surface area contributed by atoms with Crippen LogP contribution in [0, 0.1) is 11.3 Å². The molecule has 1 aliphatic rings. The van der Waals surface area contributed by atoms with Gasteiger partial charge in [-0.25, -0.2) is 0 Å². The largest absolute Gasteiger partial charge is 0.496 e. The number of methoxy groups -OCH3 is 1. The first kappa shape index (κ1) is 15.8. The van der Waals surface area contributed by atoms with Gasteiger partial charge >= 0.3 is 0 Å². The summed E-state index contributed by atoms with van der Waals surface area (Å²) in [6.45, 7) is 6.67. The van der Waals surface area contributed by atoms with Crippen LogP contribution in [0.5, 0.6) is 5.75 Å². The van der Waals surface area contributed by atoms with Crippen LogP contribution in [0.25, 0.3) is 0 Å². The number of rotatable bonds is 5. The van der Waals surface area contributed by atoms with Crippen LogP contribution in [0.3, 0.4) is 0 Å². The molecule has 1 fully saturated rings. The molecular weight excluding hydrogens is 268 g/mol. The molecule has 0 spiro atoms. The summed E-state index contributed by atoms with van der Waals surface area (Å²) in [6.07, 6.45) is 0.0406. The highest BCUT2D eigenvalue weighted by Gasteiger charge is 2.28. The normalized spacial score (nSPS) is 20.8. The van der Waals surface area contributed by atoms with Crippen LogP contribution in [0.1, 0.15) is 25.0 Å². The van der Waals surface area contributed by atoms with Gasteiger partial charge in [-0.2, -0.15) is 5.26 Å². The molecule has 0 bridgehead atoms. The Bertz CT molecular complexity index is 523. The van der Waals surface area contributed by atoms with Gasteiger partial charge in [0.25, 0.3) is 0 Å². The monoisotopic (exact) mass is 290 g/mol. The van der Waals surface area contributed by atoms with Crippen LogP contribution in [0.2, 0.25) is 0 Å². The lowest BCUT2D eigenvalue weighted by Gasteiger charge is -2.36. The molecule has 0 radical (unpaired) electrons. The average Bonchev–Trinajstić information content (AvgIpc) is 2.46. The van der Waals surface area contributed by atoms with Gasteiger partial charge in [0, 0.05) is 18.7 Å². The molecule has 0 aromatic heterocycles. The van der Waals surface area contributed by atoms with Gasteiger partial charge < -0.3 is 19.5 Å². The van der Waals surface area contributed by atoms with Crippen molar-refractivity contribution in [3.8, 4) is 11.8 Å². The quantitative estimate of drug-likeness (QED) is 0.896. The van der Waals surface area contributed by atoms with Crippen molar-refractivity contribution in [2.45, 2.75) is 32.2 Å². The van der Waals surface area contributed by atoms with Crippen molar-refractivity contribution < 1.29 is 14.2 Å². The molecule has 0 aliphatic carbocycles. The molecule has 1 aromatic rings. The first-order chi connectivity index (χ1) is 10.0. The molecule has 5 heteroatoms. The Morgan fingerprint density at radius 3 is 2.95 bits per heavy atom. The second kappa shape index (κ2) is 6.90. The van der Waals surface area contributed by atoms with E-state index in [0.29, 0.717) is 18.8 Å². The van der Waals surface area contributed by atoms with Gasteiger partial charge in [0.2, 0.25) is 0 Å². The third kappa shape index (κ3) is 4.43. The standard InChI is InChI=1S/C16H22N2O3/c1-16(2)11-18-8-14(21-16)10-20-9-13-6-12(7-17)4-5-15(13)19-3/h4-6,14,18H,8-11H2,1-3H3. The molecule has 1 saturated heterocycles. The zero-order valence-electron chi connectivity index (χ0n) is 12.8. The van der Waals surface area contributed by atoms with Gasteiger partial charge in [-0.15, -0.1) is 0 Å². The lowest BCUT2D eigenvalue weighted by molar-refractivity contribution is -0.122. The molecule has 0 saturated carbocycles. The third-order valence-electron chi connectivity index (χ3n) is 3.38. The van der Waals surface area contributed by atoms with E-state index in [4.69, 9.17) is 19.5 Å². The van der Waals surface area contributed by atoms with Crippen molar-refractivity contribution in [1.82, 2.24) is 5.32 Å². The fraction of sp³-hybridized carbons (Fsp3) is 0.562. The van der Waals surface area contributed by atoms with E-state index < -0.39 is 0 Å². The second-order valence-electron chi connectivity index (χ2n) is 5.78. The maximum atomic E-state index is 8.95. The van der Waals surface area contributed by atoms with Crippen LogP contribution in [-0.4, -0.2) is 38.5 Å². The minimum Gasteiger partial charge on any atom is -0.496 e. The van der Waals surface area contributed by atoms with Crippen molar-refractivity contribution in [3.05, 3.63) is 29.3 Å². The number of hydrogen-bond acceptors (Lipinski definition) is 5. The van der Waals surface area contributed by atoms with Crippen LogP contribution in [-0.2, 0) is 16.1 Å². The van der Waals surface area contributed by atoms with Crippen LogP contribution in [0.15, 0.2) is 18.2 Å². The zero-order chi connectivity index (χ0) is 15.3. The topological polar surface area (TPSA) is 63.5 Å². The molecule has 1 heterocycles. The number of nitrogens with zero attached hydrogens (tertiary/aromatic N) is 1. The SMILES string of the molecule is COc1ccc(C#N)cc1COCC1CNCC(C)(C)O1. The molecule has 2 rings (SSSR count). The maximum absolute atomic E-state index is 8.95. The Hall–Kier alpha value is -1.61. The number of nitriles is 1. The highest BCUT2D eigenvalue weighted by atomic mass is 16.5. The average molecular weight is 290 g/mol. The van der Waals surface area contributed by atoms with E-state index in [1.54, 1.807) is 25.3 Å². The minimum absolute atomic E-state index is 0.0406. The molecule has 1 aromatic carbocycles. The van der Waals surface area contributed by atoms with E-state index in [1.807, 2.05) is 0 Å². The van der Waals surface area contributed by atoms with E-state index in [9.17, 15) is 0 Å². The molecule has 21 heavy (non-hydrogen) atoms. The molecule has 1 atom stereocenters. The van der Waals surface area contributed by atoms with Crippen LogP contribution >= 0.6 is 0 Å². The molecule has 1 N–H and O–H groups in total. The number of morpholine rings is 1. The van der Waals surface area contributed by atoms with Crippen molar-refractivity contribution in [2.75, 3.05) is 26.8 Å². The summed E-state index contributed by atoms with van der Waals surface area (Å²) in [5.41, 5.74) is 1.32. The Morgan fingerprint density at radius 1 is 1.48 bits per heavy atom. The van der Waals surface area contributed by atoms with Crippen LogP contribution in [0.4, 0.5) is 0 Å². The summed E-state index contributed by atoms with van der Waals surface area (Å²) < 4.78 is 17.0. The van der Waals surface area contributed by atoms with E-state index in [-0.39, 0.29) is 11.7 Å². The summed E-state index contributed by atoms with van der Waals surface area (Å²) in [5.74, 6) is 0.733. The van der Waals surface area contributed by atoms with Crippen molar-refractivity contribution >= 4 is 0 Å². The molecule has 0 amide bonds. The fourth-order valence-corrected chi connectivity index (χ4v) is 2.42. The Kier molecular flexibility index (Phi) is 5.18. The van der Waals surface area contributed by atoms with Gasteiger partial charge in [-0.05, 0) is 32.0 Å². The summed E-state index contributed by atoms with van der Waals surface area (Å²) in [5, 5.41) is 12.3. The van der Waals surface area contributed by atoms with E-state index >= 15 is 0 Å². The summed E-state index contributed by atoms with van der Waals surface area (Å²) in [7, 11) is 1.61. The molecule has 1 unspecified atom stereocenters. The second-order valence-corrected chi connectivity index (χ2v) is 5.78. The maximum Gasteiger partial charge on any atom is 0.124 e. The van der Waals surface area contributed by atoms with Gasteiger partial charge in [-0.3, -0.25) is 0 Å². The molecule has 5 nitrogen and oxygen atoms in total. The number of benzene rings is 1. The predicted molar refractivity (Wildman–Crippen MR) is 79.2 cm³/mol. The van der Waals surface area contributed by atoms with Crippen molar-refractivity contribution in [1.29, 1.82) is 5.26 Å². The van der Waals surface area contributed by atoms with Gasteiger partial charge in [0.15, 0.2) is 0 Å². The summed E-state index contributed by atoms with van der Waals surface area (Å²) >= 11 is 0. The number of hydrogen-bond donors (Lipinski definition) is 1. The molecule has 114 valence electrons. The molecule has 1 aliphatic heterocycles. The highest BCUT2D eigenvalue weighted by molar-refractivity contribution is 5.41. The van der Waals surface area contributed by atoms with Gasteiger partial charge in [0.05, 0.1) is 43.7 Å². The zero-order valence-corrected chi connectivity index (χ0v) is 12.8. The lowest BCUT2D eigenvalue weighted by Crippen LogP contribution is -2.51. The number of ether oxygens (including phenoxy) is 3. The third-order valence-corrected chi connectivity index (χ3v) is 3.38. The Morgan fingerprint density at radius 2 is 2.29 bits per heavy atom. The first-order valence-electron chi connectivity index (χ1n) is 7.07. The molecular formula is C16H22N2O3. The van der Waals surface area contributed by atoms with E-state index in [2.05, 4.69) is 25.2 Å². The van der Waals surface area contributed by atoms with Gasteiger partial charge in [-0.1, -0.05) is 0 Å². The first-order valence-corrected chi connectivity index (χ1v) is 7.07. The van der Waals surface area contributed by atoms with Crippen molar-refractivity contribution in [2.24, 2.45) is 0 Å². The number of nitrogens with one attached hydrogen (secondary N) is 1. The van der Waals surface area contributed by atoms with Gasteiger partial charge in [0.1, 0.15) is 5.75 Å². The van der Waals surface area contributed by atoms with E-state index in [1.165, 1.54) is 0 Å². The fourth-order valence-electron chi connectivity index (χ4n) is 2.42. The lowest BCUT2D eigenvalue weighted by atomic mass is 10.1. The van der Waals surface area contributed by atoms with Crippen molar-refractivity contribution in [3.63, 3.8) is 0 Å². The summed E-state index contributed by atoms with van der Waals surface area (Å²) in [6, 6.07) is 7.44. The smallest absolute Gasteiger partial charge is 0.124 e. The Labute approximate surface area is 125 Å². The summed E-state index contributed by atoms with van der Waals surface area (Å²) in [4.78, 5) is 0. The minimum atomic E-state index is -0.162. The van der Waals surface area contributed by atoms with E-state index in [0.717, 1.165) is 24.4 Å². The van der Waals surface area contributed by atoms with Crippen LogP contribution < -0.4 is 10.1 Å². The Balaban J connectivity index is 1.90. The highest BCUT2D eigenvalue weighted by Crippen LogP contribution is 2.21.